The van der Waals surface area contributed by atoms with Crippen molar-refractivity contribution in [2.24, 2.45) is 5.10 Å². The molecule has 0 amide bonds. The van der Waals surface area contributed by atoms with Gasteiger partial charge in [0, 0.05) is 4.91 Å². The Morgan fingerprint density at radius 2 is 2.07 bits per heavy atom. The Hall–Kier alpha value is -2.36. The first kappa shape index (κ1) is 19.9. The zero-order valence-corrected chi connectivity index (χ0v) is 17.1. The van der Waals surface area contributed by atoms with Crippen LogP contribution in [0.3, 0.4) is 0 Å². The van der Waals surface area contributed by atoms with Crippen LogP contribution >= 0.6 is 35.0 Å². The number of benzene rings is 1. The van der Waals surface area contributed by atoms with Crippen molar-refractivity contribution in [3.05, 3.63) is 62.6 Å². The standard InChI is InChI=1S/C18H12Cl2F2N4O2S/c1-9-14(29-18-24-23-17(16(21)22)26(18)25-9)7-10-5-6-11(28-10)8-27-13-4-2-3-12(19)15(13)20/h2-7,16H,8H2,1H3/b14-7+. The summed E-state index contributed by atoms with van der Waals surface area (Å²) in [6.45, 7) is 1.88. The fourth-order valence-corrected chi connectivity index (χ4v) is 3.71. The normalized spacial score (nSPS) is 15.0. The smallest absolute Gasteiger partial charge is 0.299 e. The van der Waals surface area contributed by atoms with Crippen LogP contribution in [0, 0.1) is 0 Å². The Balaban J connectivity index is 1.49. The van der Waals surface area contributed by atoms with Crippen LogP contribution in [-0.2, 0) is 6.61 Å². The maximum absolute atomic E-state index is 12.9. The van der Waals surface area contributed by atoms with Crippen molar-refractivity contribution in [1.29, 1.82) is 0 Å². The van der Waals surface area contributed by atoms with Crippen molar-refractivity contribution in [3.63, 3.8) is 0 Å². The van der Waals surface area contributed by atoms with Gasteiger partial charge in [0.15, 0.2) is 0 Å². The molecule has 3 heterocycles. The van der Waals surface area contributed by atoms with E-state index in [4.69, 9.17) is 32.4 Å². The average molecular weight is 457 g/mol. The molecule has 0 bridgehead atoms. The van der Waals surface area contributed by atoms with Crippen LogP contribution in [-0.4, -0.2) is 20.6 Å². The van der Waals surface area contributed by atoms with Gasteiger partial charge in [-0.1, -0.05) is 29.3 Å². The molecule has 3 aromatic rings. The molecule has 1 aromatic carbocycles. The molecule has 29 heavy (non-hydrogen) atoms. The largest absolute Gasteiger partial charge is 0.484 e. The molecule has 0 saturated heterocycles. The Bertz CT molecular complexity index is 1130. The SMILES string of the molecule is CC1=Nn2c(nnc2C(F)F)S/C1=C/c1ccc(COc2cccc(Cl)c2Cl)o1. The second kappa shape index (κ2) is 8.17. The molecule has 0 aliphatic carbocycles. The van der Waals surface area contributed by atoms with E-state index >= 15 is 0 Å². The van der Waals surface area contributed by atoms with Gasteiger partial charge in [0.2, 0.25) is 11.0 Å². The van der Waals surface area contributed by atoms with Gasteiger partial charge in [-0.3, -0.25) is 0 Å². The van der Waals surface area contributed by atoms with Crippen LogP contribution in [0.5, 0.6) is 5.75 Å². The monoisotopic (exact) mass is 456 g/mol. The highest BCUT2D eigenvalue weighted by molar-refractivity contribution is 8.04. The van der Waals surface area contributed by atoms with E-state index < -0.39 is 12.2 Å². The second-order valence-electron chi connectivity index (χ2n) is 5.89. The predicted octanol–water partition coefficient (Wildman–Crippen LogP) is 6.07. The lowest BCUT2D eigenvalue weighted by Crippen LogP contribution is -2.09. The first-order chi connectivity index (χ1) is 13.9. The van der Waals surface area contributed by atoms with Gasteiger partial charge >= 0.3 is 0 Å². The summed E-state index contributed by atoms with van der Waals surface area (Å²) in [4.78, 5) is 0.713. The van der Waals surface area contributed by atoms with Gasteiger partial charge in [0.25, 0.3) is 6.43 Å². The number of hydrogen-bond donors (Lipinski definition) is 0. The summed E-state index contributed by atoms with van der Waals surface area (Å²) in [5, 5.41) is 12.4. The third-order valence-corrected chi connectivity index (χ3v) is 5.75. The first-order valence-electron chi connectivity index (χ1n) is 8.27. The van der Waals surface area contributed by atoms with E-state index in [1.807, 2.05) is 0 Å². The van der Waals surface area contributed by atoms with Crippen molar-refractivity contribution >= 4 is 46.8 Å². The third kappa shape index (κ3) is 4.17. The van der Waals surface area contributed by atoms with Gasteiger partial charge in [-0.05, 0) is 49.0 Å². The molecule has 1 aliphatic rings. The number of nitrogens with zero attached hydrogens (tertiary/aromatic N) is 4. The minimum Gasteiger partial charge on any atom is -0.484 e. The van der Waals surface area contributed by atoms with Gasteiger partial charge in [-0.2, -0.15) is 9.78 Å². The maximum Gasteiger partial charge on any atom is 0.299 e. The summed E-state index contributed by atoms with van der Waals surface area (Å²) in [5.74, 6) is 1.10. The summed E-state index contributed by atoms with van der Waals surface area (Å²) in [6.07, 6.45) is -1.00. The van der Waals surface area contributed by atoms with Gasteiger partial charge in [0.1, 0.15) is 28.9 Å². The van der Waals surface area contributed by atoms with Gasteiger partial charge in [-0.25, -0.2) is 8.78 Å². The van der Waals surface area contributed by atoms with Crippen molar-refractivity contribution in [3.8, 4) is 5.75 Å². The topological polar surface area (TPSA) is 65.4 Å². The molecule has 0 N–H and O–H groups in total. The minimum absolute atomic E-state index is 0.162. The van der Waals surface area contributed by atoms with Crippen LogP contribution in [0.25, 0.3) is 6.08 Å². The maximum atomic E-state index is 12.9. The lowest BCUT2D eigenvalue weighted by molar-refractivity contribution is 0.135. The molecule has 0 unspecified atom stereocenters. The lowest BCUT2D eigenvalue weighted by atomic mass is 10.3. The summed E-state index contributed by atoms with van der Waals surface area (Å²) >= 11 is 13.3. The molecule has 1 aliphatic heterocycles. The molecular formula is C18H12Cl2F2N4O2S. The van der Waals surface area contributed by atoms with Gasteiger partial charge < -0.3 is 9.15 Å². The Morgan fingerprint density at radius 1 is 1.24 bits per heavy atom. The Labute approximate surface area is 178 Å². The molecule has 11 heteroatoms. The predicted molar refractivity (Wildman–Crippen MR) is 107 cm³/mol. The Kier molecular flexibility index (Phi) is 5.62. The number of fused-ring (bicyclic) bond motifs is 1. The molecule has 0 radical (unpaired) electrons. The Morgan fingerprint density at radius 3 is 2.86 bits per heavy atom. The zero-order chi connectivity index (χ0) is 20.5. The van der Waals surface area contributed by atoms with E-state index in [9.17, 15) is 8.78 Å². The number of rotatable bonds is 5. The molecule has 0 atom stereocenters. The molecule has 2 aromatic heterocycles. The van der Waals surface area contributed by atoms with Crippen LogP contribution in [0.2, 0.25) is 10.0 Å². The molecule has 150 valence electrons. The van der Waals surface area contributed by atoms with Crippen molar-refractivity contribution in [2.75, 3.05) is 0 Å². The van der Waals surface area contributed by atoms with Crippen molar-refractivity contribution in [1.82, 2.24) is 14.9 Å². The van der Waals surface area contributed by atoms with E-state index in [0.717, 1.165) is 4.68 Å². The molecular weight excluding hydrogens is 445 g/mol. The highest BCUT2D eigenvalue weighted by atomic mass is 35.5. The van der Waals surface area contributed by atoms with E-state index in [-0.39, 0.29) is 11.8 Å². The number of ether oxygens (including phenoxy) is 1. The molecule has 6 nitrogen and oxygen atoms in total. The zero-order valence-electron chi connectivity index (χ0n) is 14.8. The third-order valence-electron chi connectivity index (χ3n) is 3.88. The van der Waals surface area contributed by atoms with Crippen LogP contribution in [0.15, 0.2) is 49.9 Å². The molecule has 0 fully saturated rings. The van der Waals surface area contributed by atoms with Crippen LogP contribution in [0.4, 0.5) is 8.78 Å². The van der Waals surface area contributed by atoms with E-state index in [0.29, 0.717) is 37.9 Å². The number of alkyl halides is 2. The number of hydrogen-bond acceptors (Lipinski definition) is 6. The molecule has 0 saturated carbocycles. The fraction of sp³-hybridized carbons (Fsp3) is 0.167. The highest BCUT2D eigenvalue weighted by Gasteiger charge is 2.25. The highest BCUT2D eigenvalue weighted by Crippen LogP contribution is 2.35. The van der Waals surface area contributed by atoms with Crippen LogP contribution < -0.4 is 4.74 Å². The summed E-state index contributed by atoms with van der Waals surface area (Å²) in [7, 11) is 0. The molecule has 0 spiro atoms. The summed E-state index contributed by atoms with van der Waals surface area (Å²) in [5.41, 5.74) is 0.545. The number of halogens is 4. The van der Waals surface area contributed by atoms with E-state index in [1.54, 1.807) is 43.3 Å². The summed E-state index contributed by atoms with van der Waals surface area (Å²) in [6, 6.07) is 8.65. The van der Waals surface area contributed by atoms with Crippen molar-refractivity contribution < 1.29 is 17.9 Å². The summed E-state index contributed by atoms with van der Waals surface area (Å²) < 4.78 is 38.3. The van der Waals surface area contributed by atoms with Crippen LogP contribution in [0.1, 0.15) is 30.7 Å². The average Bonchev–Trinajstić information content (AvgIpc) is 3.30. The lowest BCUT2D eigenvalue weighted by Gasteiger charge is -2.13. The van der Waals surface area contributed by atoms with Gasteiger partial charge in [-0.15, -0.1) is 10.2 Å². The number of allylic oxidation sites excluding steroid dienone is 1. The second-order valence-corrected chi connectivity index (χ2v) is 7.69. The van der Waals surface area contributed by atoms with Gasteiger partial charge in [0.05, 0.1) is 10.7 Å². The minimum atomic E-state index is -2.75. The van der Waals surface area contributed by atoms with Crippen molar-refractivity contribution in [2.45, 2.75) is 25.1 Å². The number of aromatic nitrogens is 3. The van der Waals surface area contributed by atoms with E-state index in [2.05, 4.69) is 15.3 Å². The molecule has 4 rings (SSSR count). The van der Waals surface area contributed by atoms with E-state index in [1.165, 1.54) is 11.8 Å². The fourth-order valence-electron chi connectivity index (χ4n) is 2.50. The quantitative estimate of drug-likeness (QED) is 0.466. The number of furan rings is 1. The first-order valence-corrected chi connectivity index (χ1v) is 9.84. The number of thioether (sulfide) groups is 1.